The number of hydrogen-bond donors (Lipinski definition) is 3. The van der Waals surface area contributed by atoms with Crippen LogP contribution in [0.5, 0.6) is 0 Å². The number of fused-ring (bicyclic) bond motifs is 1. The summed E-state index contributed by atoms with van der Waals surface area (Å²) in [5, 5.41) is 25.3. The summed E-state index contributed by atoms with van der Waals surface area (Å²) < 4.78 is 7.50. The number of benzene rings is 3. The second-order valence-electron chi connectivity index (χ2n) is 14.7. The number of aromatic nitrogens is 3. The van der Waals surface area contributed by atoms with Gasteiger partial charge in [-0.05, 0) is 91.9 Å². The lowest BCUT2D eigenvalue weighted by Crippen LogP contribution is -2.43. The van der Waals surface area contributed by atoms with E-state index in [1.54, 1.807) is 24.3 Å². The Hall–Kier alpha value is -5.61. The van der Waals surface area contributed by atoms with Crippen LogP contribution in [-0.2, 0) is 37.3 Å². The van der Waals surface area contributed by atoms with Gasteiger partial charge in [0, 0.05) is 94.0 Å². The van der Waals surface area contributed by atoms with Crippen molar-refractivity contribution in [1.82, 2.24) is 35.2 Å². The molecule has 290 valence electrons. The van der Waals surface area contributed by atoms with Gasteiger partial charge in [-0.2, -0.15) is 10.4 Å². The number of carbonyl (C=O) groups excluding carboxylic acids is 2. The number of anilines is 1. The van der Waals surface area contributed by atoms with Crippen LogP contribution in [0.4, 0.5) is 5.69 Å². The monoisotopic (exact) mass is 753 g/mol. The molecular weight excluding hydrogens is 703 g/mol. The number of likely N-dealkylation sites (N-methyl/N-ethyl adjacent to an activating group) is 1. The number of carbonyl (C=O) groups is 2. The molecule has 3 N–H and O–H groups in total. The Bertz CT molecular complexity index is 2230. The first-order valence-corrected chi connectivity index (χ1v) is 19.7. The number of nitriles is 1. The van der Waals surface area contributed by atoms with Crippen molar-refractivity contribution in [3.05, 3.63) is 112 Å². The maximum Gasteiger partial charge on any atom is 0.251 e. The van der Waals surface area contributed by atoms with Gasteiger partial charge in [0.1, 0.15) is 0 Å². The topological polar surface area (TPSA) is 140 Å². The molecule has 0 saturated carbocycles. The zero-order valence-electron chi connectivity index (χ0n) is 32.6. The molecule has 4 heterocycles. The van der Waals surface area contributed by atoms with Crippen LogP contribution in [-0.4, -0.2) is 88.9 Å². The maximum atomic E-state index is 13.6. The van der Waals surface area contributed by atoms with Crippen LogP contribution in [0.1, 0.15) is 75.4 Å². The van der Waals surface area contributed by atoms with Crippen LogP contribution in [0, 0.1) is 11.3 Å². The molecule has 2 amide bonds. The van der Waals surface area contributed by atoms with E-state index in [1.165, 1.54) is 5.56 Å². The molecule has 2 aliphatic heterocycles. The number of hydrogen-bond acceptors (Lipinski definition) is 9. The summed E-state index contributed by atoms with van der Waals surface area (Å²) >= 11 is 0. The van der Waals surface area contributed by atoms with Crippen molar-refractivity contribution >= 4 is 28.5 Å². The van der Waals surface area contributed by atoms with Crippen molar-refractivity contribution in [1.29, 1.82) is 5.26 Å². The third-order valence-corrected chi connectivity index (χ3v) is 10.9. The third-order valence-electron chi connectivity index (χ3n) is 10.9. The van der Waals surface area contributed by atoms with Crippen molar-refractivity contribution in [3.63, 3.8) is 0 Å². The number of pyridine rings is 1. The maximum absolute atomic E-state index is 13.6. The van der Waals surface area contributed by atoms with Crippen LogP contribution in [0.3, 0.4) is 0 Å². The Morgan fingerprint density at radius 3 is 2.34 bits per heavy atom. The van der Waals surface area contributed by atoms with Gasteiger partial charge in [0.15, 0.2) is 5.65 Å². The summed E-state index contributed by atoms with van der Waals surface area (Å²) in [6, 6.07) is 23.4. The van der Waals surface area contributed by atoms with Crippen LogP contribution >= 0.6 is 0 Å². The predicted molar refractivity (Wildman–Crippen MR) is 218 cm³/mol. The van der Waals surface area contributed by atoms with Crippen molar-refractivity contribution in [2.75, 3.05) is 51.8 Å². The zero-order chi connectivity index (χ0) is 39.0. The van der Waals surface area contributed by atoms with E-state index in [0.717, 1.165) is 90.2 Å². The van der Waals surface area contributed by atoms with E-state index >= 15 is 0 Å². The lowest BCUT2D eigenvalue weighted by atomic mass is 9.96. The first-order chi connectivity index (χ1) is 27.3. The lowest BCUT2D eigenvalue weighted by Gasteiger charge is -2.32. The van der Waals surface area contributed by atoms with E-state index in [0.29, 0.717) is 42.9 Å². The molecule has 0 bridgehead atoms. The first kappa shape index (κ1) is 38.7. The van der Waals surface area contributed by atoms with Gasteiger partial charge in [-0.25, -0.2) is 9.67 Å². The van der Waals surface area contributed by atoms with Crippen LogP contribution in [0.2, 0.25) is 0 Å². The number of nitrogens with zero attached hydrogens (tertiary/aromatic N) is 6. The smallest absolute Gasteiger partial charge is 0.251 e. The molecule has 7 rings (SSSR count). The fourth-order valence-electron chi connectivity index (χ4n) is 7.60. The molecule has 2 saturated heterocycles. The molecule has 12 heteroatoms. The van der Waals surface area contributed by atoms with Crippen molar-refractivity contribution in [3.8, 4) is 17.2 Å². The van der Waals surface area contributed by atoms with E-state index in [1.807, 2.05) is 48.1 Å². The summed E-state index contributed by atoms with van der Waals surface area (Å²) in [4.78, 5) is 36.8. The van der Waals surface area contributed by atoms with E-state index in [2.05, 4.69) is 63.0 Å². The van der Waals surface area contributed by atoms with E-state index in [4.69, 9.17) is 9.72 Å². The highest BCUT2D eigenvalue weighted by molar-refractivity contribution is 6.00. The van der Waals surface area contributed by atoms with E-state index < -0.39 is 0 Å². The normalized spacial score (nSPS) is 15.4. The molecule has 2 fully saturated rings. The van der Waals surface area contributed by atoms with E-state index in [9.17, 15) is 14.9 Å². The van der Waals surface area contributed by atoms with Gasteiger partial charge in [-0.3, -0.25) is 14.5 Å². The van der Waals surface area contributed by atoms with Gasteiger partial charge in [-0.15, -0.1) is 0 Å². The van der Waals surface area contributed by atoms with Gasteiger partial charge < -0.3 is 25.6 Å². The molecule has 2 aliphatic rings. The van der Waals surface area contributed by atoms with Gasteiger partial charge in [0.25, 0.3) is 11.8 Å². The molecule has 0 radical (unpaired) electrons. The summed E-state index contributed by atoms with van der Waals surface area (Å²) in [5.74, 6) is -0.576. The van der Waals surface area contributed by atoms with Crippen LogP contribution < -0.4 is 16.0 Å². The Labute approximate surface area is 328 Å². The van der Waals surface area contributed by atoms with Gasteiger partial charge >= 0.3 is 0 Å². The van der Waals surface area contributed by atoms with Crippen molar-refractivity contribution in [2.24, 2.45) is 0 Å². The minimum absolute atomic E-state index is 0.243. The van der Waals surface area contributed by atoms with Crippen molar-refractivity contribution < 1.29 is 14.3 Å². The number of piperazine rings is 1. The minimum atomic E-state index is -0.293. The van der Waals surface area contributed by atoms with Gasteiger partial charge in [0.2, 0.25) is 0 Å². The largest absolute Gasteiger partial charge is 0.381 e. The highest BCUT2D eigenvalue weighted by atomic mass is 16.5. The lowest BCUT2D eigenvalue weighted by molar-refractivity contribution is 0.0904. The second-order valence-corrected chi connectivity index (χ2v) is 14.7. The standard InChI is InChI=1S/C44H51N9O3/c1-4-40-38(41(49-36-14-20-56-21-15-36)39-28-48-53(5-2)42(39)50-40)27-47-44(55)34-11-7-10-33(24-34)43(54)46-26-30-12-13-35(25-45)37(23-30)32-9-6-8-31(22-32)29-52-18-16-51(3)17-19-52/h6-13,22-24,28,36H,4-5,14-21,26-27,29H2,1-3H3,(H,46,54)(H,47,55)(H,49,50). The highest BCUT2D eigenvalue weighted by Crippen LogP contribution is 2.32. The van der Waals surface area contributed by atoms with Gasteiger partial charge in [0.05, 0.1) is 28.9 Å². The average Bonchev–Trinajstić information content (AvgIpc) is 3.66. The van der Waals surface area contributed by atoms with Crippen LogP contribution in [0.15, 0.2) is 72.9 Å². The SMILES string of the molecule is CCc1nc2c(cnn2CC)c(NC2CCOCC2)c1CNC(=O)c1cccc(C(=O)NCc2ccc(C#N)c(-c3cccc(CN4CCN(C)CC4)c3)c2)c1. The van der Waals surface area contributed by atoms with Crippen LogP contribution in [0.25, 0.3) is 22.2 Å². The second kappa shape index (κ2) is 17.9. The number of amides is 2. The van der Waals surface area contributed by atoms with E-state index in [-0.39, 0.29) is 30.9 Å². The fourth-order valence-corrected chi connectivity index (χ4v) is 7.60. The Balaban J connectivity index is 1.03. The predicted octanol–water partition coefficient (Wildman–Crippen LogP) is 5.75. The number of rotatable bonds is 13. The highest BCUT2D eigenvalue weighted by Gasteiger charge is 2.23. The summed E-state index contributed by atoms with van der Waals surface area (Å²) in [5.41, 5.74) is 8.87. The van der Waals surface area contributed by atoms with Gasteiger partial charge in [-0.1, -0.05) is 37.3 Å². The first-order valence-electron chi connectivity index (χ1n) is 19.7. The molecule has 0 spiro atoms. The van der Waals surface area contributed by atoms with Crippen molar-refractivity contribution in [2.45, 2.75) is 65.3 Å². The number of ether oxygens (including phenoxy) is 1. The zero-order valence-corrected chi connectivity index (χ0v) is 32.6. The third kappa shape index (κ3) is 8.92. The summed E-state index contributed by atoms with van der Waals surface area (Å²) in [7, 11) is 2.16. The molecular formula is C44H51N9O3. The number of nitrogens with one attached hydrogen (secondary N) is 3. The molecule has 3 aromatic carbocycles. The fraction of sp³-hybridized carbons (Fsp3) is 0.386. The summed E-state index contributed by atoms with van der Waals surface area (Å²) in [6.07, 6.45) is 4.34. The quantitative estimate of drug-likeness (QED) is 0.137. The molecule has 2 aromatic heterocycles. The molecule has 0 aliphatic carbocycles. The molecule has 0 atom stereocenters. The Morgan fingerprint density at radius 1 is 0.893 bits per heavy atom. The minimum Gasteiger partial charge on any atom is -0.381 e. The Morgan fingerprint density at radius 2 is 1.62 bits per heavy atom. The summed E-state index contributed by atoms with van der Waals surface area (Å²) in [6.45, 7) is 11.8. The number of aryl methyl sites for hydroxylation is 2. The molecule has 0 unspecified atom stereocenters. The Kier molecular flexibility index (Phi) is 12.4. The molecule has 56 heavy (non-hydrogen) atoms. The molecule has 5 aromatic rings. The average molecular weight is 754 g/mol. The molecule has 12 nitrogen and oxygen atoms in total.